The second-order valence-corrected chi connectivity index (χ2v) is 6.57. The van der Waals surface area contributed by atoms with Crippen LogP contribution in [0.15, 0.2) is 24.3 Å². The van der Waals surface area contributed by atoms with Gasteiger partial charge in [-0.15, -0.1) is 0 Å². The SMILES string of the molecule is CC(C)(C)OC(=O)N1Cc2[nH]c3ccccc3c2C[C@H]1[C]=O. The van der Waals surface area contributed by atoms with Crippen LogP contribution in [0.1, 0.15) is 32.0 Å². The molecule has 0 bridgehead atoms. The molecule has 1 amide bonds. The minimum absolute atomic E-state index is 0.332. The van der Waals surface area contributed by atoms with Crippen LogP contribution in [-0.2, 0) is 22.5 Å². The van der Waals surface area contributed by atoms with Crippen molar-refractivity contribution in [1.29, 1.82) is 0 Å². The monoisotopic (exact) mass is 299 g/mol. The third-order valence-corrected chi connectivity index (χ3v) is 3.77. The molecule has 115 valence electrons. The van der Waals surface area contributed by atoms with Gasteiger partial charge in [-0.3, -0.25) is 9.69 Å². The van der Waals surface area contributed by atoms with Crippen molar-refractivity contribution < 1.29 is 14.3 Å². The topological polar surface area (TPSA) is 62.4 Å². The third kappa shape index (κ3) is 2.58. The van der Waals surface area contributed by atoms with E-state index in [-0.39, 0.29) is 0 Å². The van der Waals surface area contributed by atoms with E-state index in [9.17, 15) is 9.59 Å². The summed E-state index contributed by atoms with van der Waals surface area (Å²) in [5.74, 6) is 0. The average molecular weight is 299 g/mol. The Balaban J connectivity index is 1.95. The van der Waals surface area contributed by atoms with Gasteiger partial charge in [-0.05, 0) is 32.4 Å². The molecule has 1 N–H and O–H groups in total. The number of hydrogen-bond acceptors (Lipinski definition) is 3. The Morgan fingerprint density at radius 2 is 2.09 bits per heavy atom. The number of carbonyl (C=O) groups excluding carboxylic acids is 2. The van der Waals surface area contributed by atoms with Gasteiger partial charge in [0.1, 0.15) is 11.6 Å². The average Bonchev–Trinajstić information content (AvgIpc) is 2.81. The molecule has 1 aromatic carbocycles. The number of rotatable bonds is 1. The maximum atomic E-state index is 12.3. The van der Waals surface area contributed by atoms with E-state index in [0.29, 0.717) is 13.0 Å². The molecule has 0 saturated carbocycles. The molecule has 1 atom stereocenters. The number of nitrogens with zero attached hydrogens (tertiary/aromatic N) is 1. The molecule has 1 aliphatic rings. The number of hydrogen-bond donors (Lipinski definition) is 1. The first kappa shape index (κ1) is 14.6. The van der Waals surface area contributed by atoms with E-state index in [1.165, 1.54) is 4.90 Å². The van der Waals surface area contributed by atoms with E-state index in [2.05, 4.69) is 4.98 Å². The van der Waals surface area contributed by atoms with Crippen LogP contribution in [0.25, 0.3) is 10.9 Å². The Bertz CT molecular complexity index is 727. The number of fused-ring (bicyclic) bond motifs is 3. The van der Waals surface area contributed by atoms with Gasteiger partial charge in [-0.25, -0.2) is 4.79 Å². The highest BCUT2D eigenvalue weighted by atomic mass is 16.6. The van der Waals surface area contributed by atoms with E-state index >= 15 is 0 Å². The van der Waals surface area contributed by atoms with E-state index < -0.39 is 17.7 Å². The maximum Gasteiger partial charge on any atom is 0.411 e. The molecule has 0 unspecified atom stereocenters. The molecule has 0 aliphatic carbocycles. The number of ether oxygens (including phenoxy) is 1. The van der Waals surface area contributed by atoms with Crippen LogP contribution in [0.5, 0.6) is 0 Å². The Morgan fingerprint density at radius 1 is 1.36 bits per heavy atom. The van der Waals surface area contributed by atoms with Crippen LogP contribution in [0.3, 0.4) is 0 Å². The zero-order chi connectivity index (χ0) is 15.9. The Kier molecular flexibility index (Phi) is 3.43. The van der Waals surface area contributed by atoms with Crippen molar-refractivity contribution in [2.24, 2.45) is 0 Å². The third-order valence-electron chi connectivity index (χ3n) is 3.77. The minimum atomic E-state index is -0.610. The predicted molar refractivity (Wildman–Crippen MR) is 83.3 cm³/mol. The lowest BCUT2D eigenvalue weighted by atomic mass is 9.98. The second-order valence-electron chi connectivity index (χ2n) is 6.57. The Hall–Kier alpha value is -2.30. The summed E-state index contributed by atoms with van der Waals surface area (Å²) in [5, 5.41) is 1.10. The molecule has 5 nitrogen and oxygen atoms in total. The Labute approximate surface area is 129 Å². The van der Waals surface area contributed by atoms with Gasteiger partial charge in [-0.1, -0.05) is 18.2 Å². The zero-order valence-corrected chi connectivity index (χ0v) is 13.0. The number of benzene rings is 1. The highest BCUT2D eigenvalue weighted by molar-refractivity contribution is 5.86. The van der Waals surface area contributed by atoms with Gasteiger partial charge in [0, 0.05) is 23.0 Å². The summed E-state index contributed by atoms with van der Waals surface area (Å²) in [6, 6.07) is 7.33. The van der Waals surface area contributed by atoms with Crippen LogP contribution >= 0.6 is 0 Å². The van der Waals surface area contributed by atoms with Crippen LogP contribution in [0.2, 0.25) is 0 Å². The molecule has 0 fully saturated rings. The summed E-state index contributed by atoms with van der Waals surface area (Å²) in [7, 11) is 0. The van der Waals surface area contributed by atoms with Gasteiger partial charge in [0.15, 0.2) is 0 Å². The van der Waals surface area contributed by atoms with Crippen molar-refractivity contribution >= 4 is 23.3 Å². The Morgan fingerprint density at radius 3 is 2.77 bits per heavy atom. The number of aromatic nitrogens is 1. The smallest absolute Gasteiger partial charge is 0.411 e. The fraction of sp³-hybridized carbons (Fsp3) is 0.412. The normalized spacial score (nSPS) is 18.1. The highest BCUT2D eigenvalue weighted by Crippen LogP contribution is 2.30. The summed E-state index contributed by atoms with van der Waals surface area (Å²) in [6.45, 7) is 5.76. The van der Waals surface area contributed by atoms with Gasteiger partial charge in [0.2, 0.25) is 6.29 Å². The molecular weight excluding hydrogens is 280 g/mol. The number of H-pyrrole nitrogens is 1. The lowest BCUT2D eigenvalue weighted by molar-refractivity contribution is 0.0175. The molecule has 2 aromatic rings. The summed E-state index contributed by atoms with van der Waals surface area (Å²) in [5.41, 5.74) is 2.47. The maximum absolute atomic E-state index is 12.3. The summed E-state index contributed by atoms with van der Waals surface area (Å²) in [6.07, 6.45) is 1.96. The van der Waals surface area contributed by atoms with E-state index in [0.717, 1.165) is 22.2 Å². The second kappa shape index (κ2) is 5.16. The first-order valence-electron chi connectivity index (χ1n) is 7.35. The summed E-state index contributed by atoms with van der Waals surface area (Å²) >= 11 is 0. The van der Waals surface area contributed by atoms with E-state index in [1.807, 2.05) is 51.3 Å². The van der Waals surface area contributed by atoms with Gasteiger partial charge >= 0.3 is 6.09 Å². The molecule has 22 heavy (non-hydrogen) atoms. The van der Waals surface area contributed by atoms with E-state index in [1.54, 1.807) is 0 Å². The predicted octanol–water partition coefficient (Wildman–Crippen LogP) is 2.94. The van der Waals surface area contributed by atoms with Crippen molar-refractivity contribution in [3.8, 4) is 0 Å². The summed E-state index contributed by atoms with van der Waals surface area (Å²) in [4.78, 5) is 28.4. The molecule has 1 aliphatic heterocycles. The van der Waals surface area contributed by atoms with Crippen molar-refractivity contribution in [3.63, 3.8) is 0 Å². The molecule has 0 saturated heterocycles. The van der Waals surface area contributed by atoms with Crippen LogP contribution in [0.4, 0.5) is 4.79 Å². The molecule has 1 aromatic heterocycles. The highest BCUT2D eigenvalue weighted by Gasteiger charge is 2.34. The molecule has 2 heterocycles. The minimum Gasteiger partial charge on any atom is -0.444 e. The summed E-state index contributed by atoms with van der Waals surface area (Å²) < 4.78 is 5.39. The van der Waals surface area contributed by atoms with Crippen molar-refractivity contribution in [2.45, 2.75) is 45.4 Å². The zero-order valence-electron chi connectivity index (χ0n) is 13.0. The van der Waals surface area contributed by atoms with Crippen molar-refractivity contribution in [3.05, 3.63) is 35.5 Å². The number of aromatic amines is 1. The van der Waals surface area contributed by atoms with Crippen molar-refractivity contribution in [1.82, 2.24) is 9.88 Å². The van der Waals surface area contributed by atoms with Crippen molar-refractivity contribution in [2.75, 3.05) is 0 Å². The standard InChI is InChI=1S/C17H19N2O3/c1-17(2,3)22-16(21)19-9-15-13(8-11(19)10-20)12-6-4-5-7-14(12)18-15/h4-7,11,18H,8-9H2,1-3H3/t11-/m0/s1. The molecule has 0 spiro atoms. The van der Waals surface area contributed by atoms with Crippen LogP contribution < -0.4 is 0 Å². The largest absolute Gasteiger partial charge is 0.444 e. The van der Waals surface area contributed by atoms with E-state index in [4.69, 9.17) is 4.74 Å². The first-order chi connectivity index (χ1) is 10.4. The fourth-order valence-corrected chi connectivity index (χ4v) is 2.83. The quantitative estimate of drug-likeness (QED) is 0.880. The molecule has 3 rings (SSSR count). The number of nitrogens with one attached hydrogen (secondary N) is 1. The molecule has 5 heteroatoms. The van der Waals surface area contributed by atoms with Gasteiger partial charge in [0.05, 0.1) is 6.54 Å². The van der Waals surface area contributed by atoms with Crippen LogP contribution in [0, 0.1) is 0 Å². The lowest BCUT2D eigenvalue weighted by Gasteiger charge is -2.33. The van der Waals surface area contributed by atoms with Crippen LogP contribution in [-0.4, -0.2) is 33.9 Å². The van der Waals surface area contributed by atoms with Gasteiger partial charge in [-0.2, -0.15) is 0 Å². The number of para-hydroxylation sites is 1. The van der Waals surface area contributed by atoms with Gasteiger partial charge in [0.25, 0.3) is 0 Å². The van der Waals surface area contributed by atoms with Gasteiger partial charge < -0.3 is 9.72 Å². The molecular formula is C17H19N2O3. The fourth-order valence-electron chi connectivity index (χ4n) is 2.83. The lowest BCUT2D eigenvalue weighted by Crippen LogP contribution is -2.47. The molecule has 1 radical (unpaired) electrons. The number of amides is 1. The number of carbonyl (C=O) groups is 1. The first-order valence-corrected chi connectivity index (χ1v) is 7.35.